The predicted molar refractivity (Wildman–Crippen MR) is 77.0 cm³/mol. The van der Waals surface area contributed by atoms with Crippen LogP contribution in [0.4, 0.5) is 5.13 Å². The van der Waals surface area contributed by atoms with Crippen molar-refractivity contribution in [3.05, 3.63) is 10.6 Å². The first-order chi connectivity index (χ1) is 9.45. The minimum absolute atomic E-state index is 0.134. The van der Waals surface area contributed by atoms with Crippen LogP contribution in [-0.4, -0.2) is 46.5 Å². The van der Waals surface area contributed by atoms with E-state index in [2.05, 4.69) is 10.3 Å². The summed E-state index contributed by atoms with van der Waals surface area (Å²) in [6, 6.07) is 0. The van der Waals surface area contributed by atoms with Gasteiger partial charge in [-0.1, -0.05) is 0 Å². The summed E-state index contributed by atoms with van der Waals surface area (Å²) >= 11 is 1.45. The summed E-state index contributed by atoms with van der Waals surface area (Å²) in [5, 5.41) is 12.4. The number of piperidine rings is 1. The zero-order valence-electron chi connectivity index (χ0n) is 11.7. The van der Waals surface area contributed by atoms with Crippen LogP contribution in [0.5, 0.6) is 0 Å². The minimum Gasteiger partial charge on any atom is -0.481 e. The molecule has 1 atom stereocenters. The molecule has 0 saturated carbocycles. The summed E-state index contributed by atoms with van der Waals surface area (Å²) < 4.78 is 0. The van der Waals surface area contributed by atoms with E-state index < -0.39 is 5.97 Å². The summed E-state index contributed by atoms with van der Waals surface area (Å²) in [6.45, 7) is 5.31. The Morgan fingerprint density at radius 2 is 2.25 bits per heavy atom. The van der Waals surface area contributed by atoms with Crippen LogP contribution in [0.3, 0.4) is 0 Å². The molecule has 0 aromatic carbocycles. The Morgan fingerprint density at radius 3 is 2.85 bits per heavy atom. The molecule has 0 bridgehead atoms. The van der Waals surface area contributed by atoms with E-state index in [1.165, 1.54) is 11.3 Å². The van der Waals surface area contributed by atoms with Gasteiger partial charge in [-0.3, -0.25) is 14.5 Å². The number of carbonyl (C=O) groups excluding carboxylic acids is 1. The van der Waals surface area contributed by atoms with Crippen molar-refractivity contribution < 1.29 is 14.7 Å². The number of hydrogen-bond donors (Lipinski definition) is 2. The van der Waals surface area contributed by atoms with Gasteiger partial charge in [0.15, 0.2) is 5.13 Å². The van der Waals surface area contributed by atoms with Gasteiger partial charge in [0.05, 0.1) is 18.2 Å². The lowest BCUT2D eigenvalue weighted by Gasteiger charge is -2.29. The molecule has 1 aromatic heterocycles. The van der Waals surface area contributed by atoms with Crippen molar-refractivity contribution in [3.8, 4) is 0 Å². The number of likely N-dealkylation sites (tertiary alicyclic amines) is 1. The Bertz CT molecular complexity index is 495. The number of carbonyl (C=O) groups is 2. The molecule has 110 valence electrons. The molecule has 0 unspecified atom stereocenters. The van der Waals surface area contributed by atoms with Crippen molar-refractivity contribution in [2.45, 2.75) is 26.7 Å². The maximum Gasteiger partial charge on any atom is 0.307 e. The Kier molecular flexibility index (Phi) is 4.72. The van der Waals surface area contributed by atoms with Gasteiger partial charge in [-0.25, -0.2) is 4.98 Å². The third kappa shape index (κ3) is 3.77. The molecule has 0 radical (unpaired) electrons. The first-order valence-electron chi connectivity index (χ1n) is 6.64. The monoisotopic (exact) mass is 297 g/mol. The molecule has 0 aliphatic carbocycles. The second kappa shape index (κ2) is 6.32. The molecule has 2 heterocycles. The van der Waals surface area contributed by atoms with Crippen LogP contribution in [0.15, 0.2) is 0 Å². The number of nitrogens with one attached hydrogen (secondary N) is 1. The zero-order valence-corrected chi connectivity index (χ0v) is 12.5. The molecule has 6 nitrogen and oxygen atoms in total. The average molecular weight is 297 g/mol. The van der Waals surface area contributed by atoms with Crippen molar-refractivity contribution in [2.24, 2.45) is 5.92 Å². The molecule has 1 amide bonds. The number of aliphatic carboxylic acids is 1. The molecule has 1 aliphatic rings. The minimum atomic E-state index is -0.777. The molecule has 1 aliphatic heterocycles. The molecule has 1 aromatic rings. The normalized spacial score (nSPS) is 19.8. The Morgan fingerprint density at radius 1 is 1.50 bits per heavy atom. The smallest absolute Gasteiger partial charge is 0.307 e. The molecular weight excluding hydrogens is 278 g/mol. The SMILES string of the molecule is Cc1nc(NC(=O)CN2CCC[C@@H](C(=O)O)C2)sc1C. The third-order valence-electron chi connectivity index (χ3n) is 3.50. The fourth-order valence-electron chi connectivity index (χ4n) is 2.29. The highest BCUT2D eigenvalue weighted by molar-refractivity contribution is 7.15. The lowest BCUT2D eigenvalue weighted by molar-refractivity contribution is -0.144. The van der Waals surface area contributed by atoms with Crippen LogP contribution in [-0.2, 0) is 9.59 Å². The Balaban J connectivity index is 1.86. The van der Waals surface area contributed by atoms with Crippen molar-refractivity contribution in [1.82, 2.24) is 9.88 Å². The van der Waals surface area contributed by atoms with Crippen LogP contribution in [0, 0.1) is 19.8 Å². The summed E-state index contributed by atoms with van der Waals surface area (Å²) in [6.07, 6.45) is 1.51. The summed E-state index contributed by atoms with van der Waals surface area (Å²) in [5.74, 6) is -1.27. The number of amides is 1. The van der Waals surface area contributed by atoms with E-state index in [1.54, 1.807) is 0 Å². The van der Waals surface area contributed by atoms with Gasteiger partial charge in [-0.05, 0) is 33.2 Å². The van der Waals surface area contributed by atoms with Crippen molar-refractivity contribution in [1.29, 1.82) is 0 Å². The number of anilines is 1. The largest absolute Gasteiger partial charge is 0.481 e. The average Bonchev–Trinajstić information content (AvgIpc) is 2.68. The van der Waals surface area contributed by atoms with Crippen LogP contribution in [0.25, 0.3) is 0 Å². The van der Waals surface area contributed by atoms with Gasteiger partial charge in [0.25, 0.3) is 0 Å². The highest BCUT2D eigenvalue weighted by atomic mass is 32.1. The van der Waals surface area contributed by atoms with E-state index in [0.717, 1.165) is 23.5 Å². The third-order valence-corrected chi connectivity index (χ3v) is 4.49. The topological polar surface area (TPSA) is 82.5 Å². The van der Waals surface area contributed by atoms with Gasteiger partial charge in [0, 0.05) is 11.4 Å². The molecule has 7 heteroatoms. The summed E-state index contributed by atoms with van der Waals surface area (Å²) in [4.78, 5) is 30.2. The van der Waals surface area contributed by atoms with E-state index in [9.17, 15) is 9.59 Å². The lowest BCUT2D eigenvalue weighted by Crippen LogP contribution is -2.42. The maximum atomic E-state index is 11.9. The number of carboxylic acid groups (broad SMARTS) is 1. The fourth-order valence-corrected chi connectivity index (χ4v) is 3.12. The predicted octanol–water partition coefficient (Wildman–Crippen LogP) is 1.50. The van der Waals surface area contributed by atoms with Gasteiger partial charge < -0.3 is 10.4 Å². The number of aryl methyl sites for hydroxylation is 2. The second-order valence-electron chi connectivity index (χ2n) is 5.12. The van der Waals surface area contributed by atoms with E-state index in [-0.39, 0.29) is 18.4 Å². The number of hydrogen-bond acceptors (Lipinski definition) is 5. The maximum absolute atomic E-state index is 11.9. The number of nitrogens with zero attached hydrogens (tertiary/aromatic N) is 2. The first-order valence-corrected chi connectivity index (χ1v) is 7.46. The van der Waals surface area contributed by atoms with Crippen LogP contribution in [0.2, 0.25) is 0 Å². The Labute approximate surface area is 121 Å². The number of aromatic nitrogens is 1. The molecule has 0 spiro atoms. The number of thiazole rings is 1. The quantitative estimate of drug-likeness (QED) is 0.880. The van der Waals surface area contributed by atoms with Gasteiger partial charge in [-0.2, -0.15) is 0 Å². The highest BCUT2D eigenvalue weighted by Crippen LogP contribution is 2.21. The molecule has 2 rings (SSSR count). The first kappa shape index (κ1) is 14.9. The molecule has 1 fully saturated rings. The lowest BCUT2D eigenvalue weighted by atomic mass is 9.98. The van der Waals surface area contributed by atoms with E-state index in [0.29, 0.717) is 18.1 Å². The van der Waals surface area contributed by atoms with E-state index >= 15 is 0 Å². The standard InChI is InChI=1S/C13H19N3O3S/c1-8-9(2)20-13(14-8)15-11(17)7-16-5-3-4-10(6-16)12(18)19/h10H,3-7H2,1-2H3,(H,18,19)(H,14,15,17)/t10-/m1/s1. The highest BCUT2D eigenvalue weighted by Gasteiger charge is 2.26. The molecular formula is C13H19N3O3S. The number of carboxylic acids is 1. The van der Waals surface area contributed by atoms with Crippen molar-refractivity contribution >= 4 is 28.3 Å². The summed E-state index contributed by atoms with van der Waals surface area (Å²) in [5.41, 5.74) is 0.925. The molecule has 1 saturated heterocycles. The van der Waals surface area contributed by atoms with Crippen LogP contribution in [0.1, 0.15) is 23.4 Å². The van der Waals surface area contributed by atoms with E-state index in [1.807, 2.05) is 18.7 Å². The van der Waals surface area contributed by atoms with Crippen LogP contribution >= 0.6 is 11.3 Å². The van der Waals surface area contributed by atoms with Gasteiger partial charge in [0.1, 0.15) is 0 Å². The number of rotatable bonds is 4. The zero-order chi connectivity index (χ0) is 14.7. The van der Waals surface area contributed by atoms with E-state index in [4.69, 9.17) is 5.11 Å². The van der Waals surface area contributed by atoms with Gasteiger partial charge >= 0.3 is 5.97 Å². The van der Waals surface area contributed by atoms with Crippen LogP contribution < -0.4 is 5.32 Å². The van der Waals surface area contributed by atoms with Crippen molar-refractivity contribution in [3.63, 3.8) is 0 Å². The summed E-state index contributed by atoms with van der Waals surface area (Å²) in [7, 11) is 0. The molecule has 20 heavy (non-hydrogen) atoms. The second-order valence-corrected chi connectivity index (χ2v) is 6.32. The Hall–Kier alpha value is -1.47. The molecule has 2 N–H and O–H groups in total. The fraction of sp³-hybridized carbons (Fsp3) is 0.615. The van der Waals surface area contributed by atoms with Crippen molar-refractivity contribution in [2.75, 3.05) is 25.0 Å². The van der Waals surface area contributed by atoms with Gasteiger partial charge in [0.2, 0.25) is 5.91 Å². The van der Waals surface area contributed by atoms with Gasteiger partial charge in [-0.15, -0.1) is 11.3 Å².